The highest BCUT2D eigenvalue weighted by atomic mass is 15.3. The van der Waals surface area contributed by atoms with Gasteiger partial charge in [-0.1, -0.05) is 0 Å². The van der Waals surface area contributed by atoms with Crippen LogP contribution >= 0.6 is 0 Å². The van der Waals surface area contributed by atoms with E-state index in [1.807, 2.05) is 0 Å². The number of hydrogen-bond donors (Lipinski definition) is 0. The van der Waals surface area contributed by atoms with Crippen LogP contribution in [0.4, 0.5) is 0 Å². The fourth-order valence-corrected chi connectivity index (χ4v) is 4.30. The second-order valence-electron chi connectivity index (χ2n) is 8.58. The summed E-state index contributed by atoms with van der Waals surface area (Å²) >= 11 is 0. The molecule has 0 aliphatic carbocycles. The molecule has 0 aromatic heterocycles. The van der Waals surface area contributed by atoms with E-state index in [4.69, 9.17) is 0 Å². The van der Waals surface area contributed by atoms with Gasteiger partial charge in [0.25, 0.3) is 0 Å². The van der Waals surface area contributed by atoms with Crippen LogP contribution in [0, 0.1) is 0 Å². The van der Waals surface area contributed by atoms with Crippen LogP contribution in [0.5, 0.6) is 0 Å². The third kappa shape index (κ3) is 4.00. The maximum Gasteiger partial charge on any atom is 0.0201 e. The van der Waals surface area contributed by atoms with Crippen LogP contribution in [0.25, 0.3) is 0 Å². The second kappa shape index (κ2) is 6.55. The Labute approximate surface area is 132 Å². The van der Waals surface area contributed by atoms with Crippen LogP contribution in [-0.4, -0.2) is 70.6 Å². The maximum atomic E-state index is 2.83. The van der Waals surface area contributed by atoms with Crippen molar-refractivity contribution in [2.75, 3.05) is 26.2 Å². The molecule has 2 fully saturated rings. The lowest BCUT2D eigenvalue weighted by molar-refractivity contribution is -0.0436. The quantitative estimate of drug-likeness (QED) is 0.775. The fraction of sp³-hybridized carbons (Fsp3) is 1.00. The van der Waals surface area contributed by atoms with Crippen LogP contribution in [0.2, 0.25) is 0 Å². The summed E-state index contributed by atoms with van der Waals surface area (Å²) in [5, 5.41) is 0. The molecule has 124 valence electrons. The van der Waals surface area contributed by atoms with E-state index >= 15 is 0 Å². The van der Waals surface area contributed by atoms with Gasteiger partial charge in [0.05, 0.1) is 0 Å². The summed E-state index contributed by atoms with van der Waals surface area (Å²) < 4.78 is 0. The van der Waals surface area contributed by atoms with Crippen LogP contribution in [0.15, 0.2) is 0 Å². The van der Waals surface area contributed by atoms with E-state index in [0.29, 0.717) is 23.7 Å². The molecule has 2 aliphatic heterocycles. The van der Waals surface area contributed by atoms with Gasteiger partial charge < -0.3 is 4.90 Å². The molecule has 0 bridgehead atoms. The number of piperidine rings is 1. The largest absolute Gasteiger partial charge is 0.301 e. The molecule has 0 radical (unpaired) electrons. The highest BCUT2D eigenvalue weighted by Gasteiger charge is 2.38. The van der Waals surface area contributed by atoms with E-state index in [-0.39, 0.29) is 0 Å². The Morgan fingerprint density at radius 3 is 1.76 bits per heavy atom. The van der Waals surface area contributed by atoms with Crippen molar-refractivity contribution in [3.63, 3.8) is 0 Å². The maximum absolute atomic E-state index is 2.83. The first-order valence-corrected chi connectivity index (χ1v) is 8.96. The molecule has 2 saturated heterocycles. The van der Waals surface area contributed by atoms with Crippen molar-refractivity contribution in [3.8, 4) is 0 Å². The molecule has 0 saturated carbocycles. The van der Waals surface area contributed by atoms with Crippen molar-refractivity contribution in [2.24, 2.45) is 0 Å². The molecule has 0 N–H and O–H groups in total. The first-order valence-electron chi connectivity index (χ1n) is 8.96. The van der Waals surface area contributed by atoms with Gasteiger partial charge in [-0.2, -0.15) is 0 Å². The zero-order chi connectivity index (χ0) is 15.8. The number of piperazine rings is 1. The second-order valence-corrected chi connectivity index (χ2v) is 8.58. The van der Waals surface area contributed by atoms with Gasteiger partial charge in [0.2, 0.25) is 0 Å². The minimum atomic E-state index is 0.301. The predicted octanol–water partition coefficient (Wildman–Crippen LogP) is 3.05. The first kappa shape index (κ1) is 17.2. The average molecular weight is 296 g/mol. The van der Waals surface area contributed by atoms with Crippen molar-refractivity contribution in [3.05, 3.63) is 0 Å². The molecule has 2 heterocycles. The lowest BCUT2D eigenvalue weighted by Crippen LogP contribution is -2.64. The summed E-state index contributed by atoms with van der Waals surface area (Å²) in [7, 11) is 0. The Morgan fingerprint density at radius 1 is 0.905 bits per heavy atom. The van der Waals surface area contributed by atoms with E-state index in [9.17, 15) is 0 Å². The third-order valence-corrected chi connectivity index (χ3v) is 5.59. The normalized spacial score (nSPS) is 32.0. The molecule has 0 amide bonds. The SMILES string of the molecule is CC(C)N1CCC(N2[C@H](C)CN(C(C)(C)C)C[C@@H]2C)CC1. The molecule has 0 aromatic carbocycles. The molecule has 3 nitrogen and oxygen atoms in total. The Bertz CT molecular complexity index is 314. The molecule has 2 atom stereocenters. The number of rotatable bonds is 2. The van der Waals surface area contributed by atoms with Gasteiger partial charge in [-0.3, -0.25) is 9.80 Å². The van der Waals surface area contributed by atoms with E-state index in [1.54, 1.807) is 0 Å². The molecule has 0 spiro atoms. The van der Waals surface area contributed by atoms with Crippen LogP contribution in [0.1, 0.15) is 61.3 Å². The molecule has 2 rings (SSSR count). The standard InChI is InChI=1S/C18H37N3/c1-14(2)19-10-8-17(9-11-19)21-15(3)12-20(13-16(21)4)18(5,6)7/h14-17H,8-13H2,1-7H3/t15-,16+. The molecule has 21 heavy (non-hydrogen) atoms. The fourth-order valence-electron chi connectivity index (χ4n) is 4.30. The smallest absolute Gasteiger partial charge is 0.0201 e. The molecule has 0 unspecified atom stereocenters. The third-order valence-electron chi connectivity index (χ3n) is 5.59. The van der Waals surface area contributed by atoms with E-state index in [1.165, 1.54) is 39.0 Å². The minimum absolute atomic E-state index is 0.301. The summed E-state index contributed by atoms with van der Waals surface area (Å²) in [6, 6.07) is 2.87. The summed E-state index contributed by atoms with van der Waals surface area (Å²) in [6.45, 7) is 21.6. The molecule has 2 aliphatic rings. The zero-order valence-corrected chi connectivity index (χ0v) is 15.4. The van der Waals surface area contributed by atoms with Crippen molar-refractivity contribution < 1.29 is 0 Å². The van der Waals surface area contributed by atoms with Gasteiger partial charge in [-0.05, 0) is 74.4 Å². The lowest BCUT2D eigenvalue weighted by Gasteiger charge is -2.53. The number of nitrogens with zero attached hydrogens (tertiary/aromatic N) is 3. The number of hydrogen-bond acceptors (Lipinski definition) is 3. The van der Waals surface area contributed by atoms with Gasteiger partial charge in [-0.25, -0.2) is 0 Å². The highest BCUT2D eigenvalue weighted by Crippen LogP contribution is 2.28. The zero-order valence-electron chi connectivity index (χ0n) is 15.4. The van der Waals surface area contributed by atoms with E-state index in [2.05, 4.69) is 63.2 Å². The molecular weight excluding hydrogens is 258 g/mol. The minimum Gasteiger partial charge on any atom is -0.301 e. The van der Waals surface area contributed by atoms with Crippen LogP contribution < -0.4 is 0 Å². The van der Waals surface area contributed by atoms with Crippen LogP contribution in [-0.2, 0) is 0 Å². The lowest BCUT2D eigenvalue weighted by atomic mass is 9.94. The highest BCUT2D eigenvalue weighted by molar-refractivity contribution is 4.94. The van der Waals surface area contributed by atoms with E-state index < -0.39 is 0 Å². The summed E-state index contributed by atoms with van der Waals surface area (Å²) in [6.07, 6.45) is 2.70. The average Bonchev–Trinajstić information content (AvgIpc) is 2.37. The first-order chi connectivity index (χ1) is 9.70. The topological polar surface area (TPSA) is 9.72 Å². The van der Waals surface area contributed by atoms with Crippen molar-refractivity contribution in [1.82, 2.24) is 14.7 Å². The monoisotopic (exact) mass is 295 g/mol. The number of likely N-dealkylation sites (tertiary alicyclic amines) is 1. The Balaban J connectivity index is 1.96. The van der Waals surface area contributed by atoms with Gasteiger partial charge >= 0.3 is 0 Å². The molecule has 3 heteroatoms. The Hall–Kier alpha value is -0.120. The Kier molecular flexibility index (Phi) is 5.38. The summed E-state index contributed by atoms with van der Waals surface area (Å²) in [5.41, 5.74) is 0.301. The van der Waals surface area contributed by atoms with Gasteiger partial charge in [-0.15, -0.1) is 0 Å². The van der Waals surface area contributed by atoms with Crippen molar-refractivity contribution in [1.29, 1.82) is 0 Å². The summed E-state index contributed by atoms with van der Waals surface area (Å²) in [4.78, 5) is 8.14. The van der Waals surface area contributed by atoms with Gasteiger partial charge in [0, 0.05) is 42.8 Å². The summed E-state index contributed by atoms with van der Waals surface area (Å²) in [5.74, 6) is 0. The van der Waals surface area contributed by atoms with Gasteiger partial charge in [0.1, 0.15) is 0 Å². The predicted molar refractivity (Wildman–Crippen MR) is 91.8 cm³/mol. The Morgan fingerprint density at radius 2 is 1.38 bits per heavy atom. The van der Waals surface area contributed by atoms with Crippen molar-refractivity contribution >= 4 is 0 Å². The van der Waals surface area contributed by atoms with E-state index in [0.717, 1.165) is 6.04 Å². The van der Waals surface area contributed by atoms with Crippen LogP contribution in [0.3, 0.4) is 0 Å². The molecule has 0 aromatic rings. The van der Waals surface area contributed by atoms with Crippen molar-refractivity contribution in [2.45, 2.75) is 91.0 Å². The van der Waals surface area contributed by atoms with Gasteiger partial charge in [0.15, 0.2) is 0 Å². The molecular formula is C18H37N3.